The van der Waals surface area contributed by atoms with Gasteiger partial charge in [-0.1, -0.05) is 17.7 Å². The Morgan fingerprint density at radius 3 is 2.65 bits per heavy atom. The summed E-state index contributed by atoms with van der Waals surface area (Å²) in [5.74, 6) is 0.525. The minimum atomic E-state index is -3.77. The van der Waals surface area contributed by atoms with Gasteiger partial charge < -0.3 is 9.84 Å². The van der Waals surface area contributed by atoms with Crippen LogP contribution < -0.4 is 9.46 Å². The Labute approximate surface area is 140 Å². The van der Waals surface area contributed by atoms with Gasteiger partial charge in [-0.25, -0.2) is 8.42 Å². The van der Waals surface area contributed by atoms with Crippen molar-refractivity contribution in [3.63, 3.8) is 0 Å². The molecule has 0 heterocycles. The van der Waals surface area contributed by atoms with Gasteiger partial charge in [0, 0.05) is 16.3 Å². The monoisotopic (exact) mass is 355 g/mol. The van der Waals surface area contributed by atoms with E-state index >= 15 is 0 Å². The predicted molar refractivity (Wildman–Crippen MR) is 90.5 cm³/mol. The molecule has 0 unspecified atom stereocenters. The third kappa shape index (κ3) is 3.96. The lowest BCUT2D eigenvalue weighted by molar-refractivity contribution is 0.267. The Morgan fingerprint density at radius 1 is 1.26 bits per heavy atom. The van der Waals surface area contributed by atoms with E-state index in [1.165, 1.54) is 6.07 Å². The summed E-state index contributed by atoms with van der Waals surface area (Å²) >= 11 is 5.98. The van der Waals surface area contributed by atoms with Crippen molar-refractivity contribution in [3.8, 4) is 5.75 Å². The Kier molecular flexibility index (Phi) is 5.51. The molecule has 0 fully saturated rings. The largest absolute Gasteiger partial charge is 0.494 e. The molecule has 2 rings (SSSR count). The van der Waals surface area contributed by atoms with Crippen LogP contribution >= 0.6 is 11.6 Å². The van der Waals surface area contributed by atoms with Crippen LogP contribution in [-0.2, 0) is 16.6 Å². The number of benzene rings is 2. The average Bonchev–Trinajstić information content (AvgIpc) is 2.51. The lowest BCUT2D eigenvalue weighted by Crippen LogP contribution is -2.14. The smallest absolute Gasteiger partial charge is 0.262 e. The van der Waals surface area contributed by atoms with E-state index in [0.29, 0.717) is 34.2 Å². The van der Waals surface area contributed by atoms with Crippen molar-refractivity contribution in [2.45, 2.75) is 25.3 Å². The number of ether oxygens (including phenoxy) is 1. The molecule has 0 radical (unpaired) electrons. The van der Waals surface area contributed by atoms with Crippen molar-refractivity contribution in [2.24, 2.45) is 0 Å². The molecule has 5 nitrogen and oxygen atoms in total. The zero-order chi connectivity index (χ0) is 17.0. The van der Waals surface area contributed by atoms with Crippen molar-refractivity contribution in [1.29, 1.82) is 0 Å². The Hall–Kier alpha value is -1.76. The fraction of sp³-hybridized carbons (Fsp3) is 0.250. The zero-order valence-corrected chi connectivity index (χ0v) is 14.4. The molecular weight excluding hydrogens is 338 g/mol. The number of anilines is 1. The molecule has 0 aliphatic rings. The van der Waals surface area contributed by atoms with Crippen molar-refractivity contribution in [2.75, 3.05) is 11.3 Å². The van der Waals surface area contributed by atoms with Gasteiger partial charge in [0.1, 0.15) is 5.75 Å². The first-order valence-electron chi connectivity index (χ1n) is 7.03. The first-order valence-corrected chi connectivity index (χ1v) is 8.89. The molecule has 2 N–H and O–H groups in total. The molecule has 0 atom stereocenters. The average molecular weight is 356 g/mol. The van der Waals surface area contributed by atoms with Crippen LogP contribution in [0.1, 0.15) is 18.1 Å². The van der Waals surface area contributed by atoms with Crippen molar-refractivity contribution >= 4 is 27.3 Å². The van der Waals surface area contributed by atoms with Crippen LogP contribution in [-0.4, -0.2) is 20.1 Å². The number of hydrogen-bond donors (Lipinski definition) is 2. The van der Waals surface area contributed by atoms with Gasteiger partial charge in [-0.3, -0.25) is 4.72 Å². The van der Waals surface area contributed by atoms with Crippen LogP contribution in [0.4, 0.5) is 5.69 Å². The molecule has 0 amide bonds. The van der Waals surface area contributed by atoms with Gasteiger partial charge in [0.2, 0.25) is 0 Å². The SMILES string of the molecule is CCOc1ccc(NS(=O)(=O)c2cccc(Cl)c2C)cc1CO. The van der Waals surface area contributed by atoms with Gasteiger partial charge in [-0.2, -0.15) is 0 Å². The van der Waals surface area contributed by atoms with Gasteiger partial charge in [-0.15, -0.1) is 0 Å². The maximum atomic E-state index is 12.5. The second-order valence-electron chi connectivity index (χ2n) is 4.88. The topological polar surface area (TPSA) is 75.6 Å². The van der Waals surface area contributed by atoms with Crippen molar-refractivity contribution in [1.82, 2.24) is 0 Å². The van der Waals surface area contributed by atoms with Gasteiger partial charge in [0.15, 0.2) is 0 Å². The normalized spacial score (nSPS) is 11.3. The summed E-state index contributed by atoms with van der Waals surface area (Å²) < 4.78 is 32.9. The highest BCUT2D eigenvalue weighted by atomic mass is 35.5. The number of rotatable bonds is 6. The summed E-state index contributed by atoms with van der Waals surface area (Å²) in [6.07, 6.45) is 0. The number of halogens is 1. The number of hydrogen-bond acceptors (Lipinski definition) is 4. The van der Waals surface area contributed by atoms with E-state index in [0.717, 1.165) is 0 Å². The lowest BCUT2D eigenvalue weighted by Gasteiger charge is -2.14. The van der Waals surface area contributed by atoms with E-state index < -0.39 is 10.0 Å². The van der Waals surface area contributed by atoms with E-state index in [9.17, 15) is 13.5 Å². The van der Waals surface area contributed by atoms with Crippen LogP contribution in [0.15, 0.2) is 41.3 Å². The van der Waals surface area contributed by atoms with E-state index in [2.05, 4.69) is 4.72 Å². The molecule has 0 saturated carbocycles. The lowest BCUT2D eigenvalue weighted by atomic mass is 10.2. The standard InChI is InChI=1S/C16H18ClNO4S/c1-3-22-15-8-7-13(9-12(15)10-19)18-23(20,21)16-6-4-5-14(17)11(16)2/h4-9,18-19H,3,10H2,1-2H3. The van der Waals surface area contributed by atoms with Gasteiger partial charge >= 0.3 is 0 Å². The molecule has 0 aromatic heterocycles. The summed E-state index contributed by atoms with van der Waals surface area (Å²) in [5.41, 5.74) is 1.33. The van der Waals surface area contributed by atoms with Crippen LogP contribution in [0.2, 0.25) is 5.02 Å². The molecule has 23 heavy (non-hydrogen) atoms. The molecule has 0 saturated heterocycles. The minimum absolute atomic E-state index is 0.115. The first kappa shape index (κ1) is 17.6. The van der Waals surface area contributed by atoms with Gasteiger partial charge in [0.25, 0.3) is 10.0 Å². The van der Waals surface area contributed by atoms with E-state index in [4.69, 9.17) is 16.3 Å². The molecule has 0 spiro atoms. The maximum Gasteiger partial charge on any atom is 0.262 e. The number of nitrogens with one attached hydrogen (secondary N) is 1. The summed E-state index contributed by atoms with van der Waals surface area (Å²) in [7, 11) is -3.77. The molecule has 0 bridgehead atoms. The minimum Gasteiger partial charge on any atom is -0.494 e. The number of sulfonamides is 1. The molecule has 2 aromatic carbocycles. The molecule has 2 aromatic rings. The molecule has 0 aliphatic carbocycles. The van der Waals surface area contributed by atoms with Crippen LogP contribution in [0.5, 0.6) is 5.75 Å². The van der Waals surface area contributed by atoms with Crippen LogP contribution in [0, 0.1) is 6.92 Å². The highest BCUT2D eigenvalue weighted by Gasteiger charge is 2.18. The third-order valence-corrected chi connectivity index (χ3v) is 5.23. The van der Waals surface area contributed by atoms with Gasteiger partial charge in [-0.05, 0) is 49.7 Å². The third-order valence-electron chi connectivity index (χ3n) is 3.29. The summed E-state index contributed by atoms with van der Waals surface area (Å²) in [5, 5.41) is 9.78. The number of aliphatic hydroxyl groups is 1. The molecular formula is C16H18ClNO4S. The Morgan fingerprint density at radius 2 is 2.00 bits per heavy atom. The summed E-state index contributed by atoms with van der Waals surface area (Å²) in [4.78, 5) is 0.115. The summed E-state index contributed by atoms with van der Waals surface area (Å²) in [6.45, 7) is 3.69. The molecule has 0 aliphatic heterocycles. The Bertz CT molecular complexity index is 806. The zero-order valence-electron chi connectivity index (χ0n) is 12.8. The van der Waals surface area contributed by atoms with Crippen molar-refractivity contribution in [3.05, 3.63) is 52.5 Å². The highest BCUT2D eigenvalue weighted by molar-refractivity contribution is 7.92. The highest BCUT2D eigenvalue weighted by Crippen LogP contribution is 2.27. The van der Waals surface area contributed by atoms with Crippen LogP contribution in [0.3, 0.4) is 0 Å². The predicted octanol–water partition coefficient (Wildman–Crippen LogP) is 3.34. The second kappa shape index (κ2) is 7.21. The van der Waals surface area contributed by atoms with E-state index in [1.54, 1.807) is 37.3 Å². The fourth-order valence-electron chi connectivity index (χ4n) is 2.15. The summed E-state index contributed by atoms with van der Waals surface area (Å²) in [6, 6.07) is 9.46. The van der Waals surface area contributed by atoms with Crippen LogP contribution in [0.25, 0.3) is 0 Å². The fourth-order valence-corrected chi connectivity index (χ4v) is 3.70. The van der Waals surface area contributed by atoms with Crippen molar-refractivity contribution < 1.29 is 18.3 Å². The van der Waals surface area contributed by atoms with Gasteiger partial charge in [0.05, 0.1) is 18.1 Å². The van der Waals surface area contributed by atoms with E-state index in [-0.39, 0.29) is 11.5 Å². The quantitative estimate of drug-likeness (QED) is 0.833. The number of aliphatic hydroxyl groups excluding tert-OH is 1. The second-order valence-corrected chi connectivity index (χ2v) is 6.94. The molecule has 124 valence electrons. The molecule has 7 heteroatoms. The Balaban J connectivity index is 2.36. The van der Waals surface area contributed by atoms with E-state index in [1.807, 2.05) is 6.92 Å². The maximum absolute atomic E-state index is 12.5. The first-order chi connectivity index (χ1) is 10.9.